The Balaban J connectivity index is 3.50. The Morgan fingerprint density at radius 1 is 1.44 bits per heavy atom. The van der Waals surface area contributed by atoms with Crippen LogP contribution >= 0.6 is 0 Å². The number of azide groups is 1. The highest BCUT2D eigenvalue weighted by atomic mass is 16.2. The number of nitrogens with two attached hydrogens (primary N) is 2. The third kappa shape index (κ3) is 8.05. The van der Waals surface area contributed by atoms with E-state index in [1.807, 2.05) is 0 Å². The first-order valence-electron chi connectivity index (χ1n) is 5.46. The van der Waals surface area contributed by atoms with E-state index in [1.54, 1.807) is 0 Å². The molecule has 0 aliphatic carbocycles. The minimum atomic E-state index is -0.467. The fourth-order valence-corrected chi connectivity index (χ4v) is 1.18. The van der Waals surface area contributed by atoms with Crippen molar-refractivity contribution in [2.75, 3.05) is 19.6 Å². The van der Waals surface area contributed by atoms with Crippen molar-refractivity contribution in [3.63, 3.8) is 0 Å². The number of hydrogen-bond acceptors (Lipinski definition) is 4. The van der Waals surface area contributed by atoms with Crippen molar-refractivity contribution in [3.8, 4) is 0 Å². The van der Waals surface area contributed by atoms with Crippen molar-refractivity contribution >= 4 is 5.91 Å². The van der Waals surface area contributed by atoms with Crippen LogP contribution in [0.1, 0.15) is 25.7 Å². The Labute approximate surface area is 95.2 Å². The molecule has 0 fully saturated rings. The lowest BCUT2D eigenvalue weighted by Crippen LogP contribution is -2.41. The lowest BCUT2D eigenvalue weighted by atomic mass is 10.1. The van der Waals surface area contributed by atoms with E-state index in [-0.39, 0.29) is 5.91 Å². The van der Waals surface area contributed by atoms with Crippen LogP contribution in [0, 0.1) is 0 Å². The Kier molecular flexibility index (Phi) is 9.39. The quantitative estimate of drug-likeness (QED) is 0.226. The summed E-state index contributed by atoms with van der Waals surface area (Å²) in [6, 6.07) is -0.467. The maximum absolute atomic E-state index is 11.4. The van der Waals surface area contributed by atoms with E-state index in [2.05, 4.69) is 15.3 Å². The van der Waals surface area contributed by atoms with Crippen LogP contribution in [0.3, 0.4) is 0 Å². The Morgan fingerprint density at radius 2 is 2.19 bits per heavy atom. The normalized spacial score (nSPS) is 11.6. The highest BCUT2D eigenvalue weighted by Crippen LogP contribution is 1.97. The lowest BCUT2D eigenvalue weighted by molar-refractivity contribution is -0.122. The second-order valence-corrected chi connectivity index (χ2v) is 3.49. The van der Waals surface area contributed by atoms with Gasteiger partial charge in [-0.05, 0) is 31.3 Å². The minimum absolute atomic E-state index is 0.155. The predicted molar refractivity (Wildman–Crippen MR) is 62.5 cm³/mol. The highest BCUT2D eigenvalue weighted by molar-refractivity contribution is 5.81. The van der Waals surface area contributed by atoms with Crippen molar-refractivity contribution in [2.45, 2.75) is 31.7 Å². The monoisotopic (exact) mass is 228 g/mol. The molecule has 0 heterocycles. The topological polar surface area (TPSA) is 130 Å². The van der Waals surface area contributed by atoms with Gasteiger partial charge in [-0.25, -0.2) is 0 Å². The molecule has 0 saturated carbocycles. The summed E-state index contributed by atoms with van der Waals surface area (Å²) in [5, 5.41) is 6.05. The molecule has 0 aliphatic heterocycles. The van der Waals surface area contributed by atoms with Crippen LogP contribution in [-0.4, -0.2) is 31.6 Å². The number of rotatable bonds is 9. The zero-order valence-electron chi connectivity index (χ0n) is 9.43. The van der Waals surface area contributed by atoms with Gasteiger partial charge < -0.3 is 16.8 Å². The largest absolute Gasteiger partial charge is 0.355 e. The number of carbonyl (C=O) groups excluding carboxylic acids is 1. The van der Waals surface area contributed by atoms with E-state index in [1.165, 1.54) is 0 Å². The Bertz CT molecular complexity index is 238. The number of carbonyl (C=O) groups is 1. The summed E-state index contributed by atoms with van der Waals surface area (Å²) >= 11 is 0. The summed E-state index contributed by atoms with van der Waals surface area (Å²) in [6.45, 7) is 1.50. The molecule has 7 nitrogen and oxygen atoms in total. The number of hydrogen-bond donors (Lipinski definition) is 3. The van der Waals surface area contributed by atoms with E-state index < -0.39 is 6.04 Å². The Morgan fingerprint density at radius 3 is 2.81 bits per heavy atom. The zero-order chi connectivity index (χ0) is 12.2. The van der Waals surface area contributed by atoms with Gasteiger partial charge in [0.25, 0.3) is 0 Å². The smallest absolute Gasteiger partial charge is 0.236 e. The summed E-state index contributed by atoms with van der Waals surface area (Å²) in [7, 11) is 0. The van der Waals surface area contributed by atoms with Gasteiger partial charge in [0.15, 0.2) is 0 Å². The molecule has 0 saturated heterocycles. The van der Waals surface area contributed by atoms with Crippen LogP contribution in [-0.2, 0) is 4.79 Å². The van der Waals surface area contributed by atoms with Gasteiger partial charge in [0.05, 0.1) is 6.04 Å². The van der Waals surface area contributed by atoms with Crippen molar-refractivity contribution in [3.05, 3.63) is 10.4 Å². The van der Waals surface area contributed by atoms with Gasteiger partial charge in [0, 0.05) is 18.0 Å². The van der Waals surface area contributed by atoms with Gasteiger partial charge in [0.1, 0.15) is 0 Å². The summed E-state index contributed by atoms with van der Waals surface area (Å²) in [4.78, 5) is 14.0. The second kappa shape index (κ2) is 10.2. The number of amides is 1. The summed E-state index contributed by atoms with van der Waals surface area (Å²) < 4.78 is 0. The molecule has 0 aromatic rings. The molecule has 1 amide bonds. The molecule has 0 radical (unpaired) electrons. The first-order chi connectivity index (χ1) is 7.72. The Hall–Kier alpha value is -1.30. The average Bonchev–Trinajstić information content (AvgIpc) is 2.28. The SMILES string of the molecule is [N-]=[N+]=NCCCNC(=O)C(N)CCCCN. The van der Waals surface area contributed by atoms with Crippen LogP contribution < -0.4 is 16.8 Å². The van der Waals surface area contributed by atoms with E-state index >= 15 is 0 Å². The fraction of sp³-hybridized carbons (Fsp3) is 0.889. The first-order valence-corrected chi connectivity index (χ1v) is 5.46. The molecule has 1 unspecified atom stereocenters. The number of unbranched alkanes of at least 4 members (excludes halogenated alkanes) is 1. The molecule has 0 rings (SSSR count). The van der Waals surface area contributed by atoms with E-state index in [4.69, 9.17) is 17.0 Å². The van der Waals surface area contributed by atoms with Gasteiger partial charge >= 0.3 is 0 Å². The molecule has 1 atom stereocenters. The van der Waals surface area contributed by atoms with Crippen LogP contribution in [0.5, 0.6) is 0 Å². The molecule has 0 aliphatic rings. The summed E-state index contributed by atoms with van der Waals surface area (Å²) in [6.07, 6.45) is 3.03. The van der Waals surface area contributed by atoms with Crippen molar-refractivity contribution in [2.24, 2.45) is 16.6 Å². The van der Waals surface area contributed by atoms with E-state index in [0.29, 0.717) is 32.5 Å². The van der Waals surface area contributed by atoms with E-state index in [0.717, 1.165) is 12.8 Å². The lowest BCUT2D eigenvalue weighted by Gasteiger charge is -2.11. The second-order valence-electron chi connectivity index (χ2n) is 3.49. The molecule has 16 heavy (non-hydrogen) atoms. The minimum Gasteiger partial charge on any atom is -0.355 e. The maximum atomic E-state index is 11.4. The number of nitrogens with one attached hydrogen (secondary N) is 1. The average molecular weight is 228 g/mol. The predicted octanol–water partition coefficient (Wildman–Crippen LogP) is 0.259. The molecular weight excluding hydrogens is 208 g/mol. The van der Waals surface area contributed by atoms with Crippen LogP contribution in [0.15, 0.2) is 5.11 Å². The fourth-order valence-electron chi connectivity index (χ4n) is 1.18. The molecule has 0 bridgehead atoms. The van der Waals surface area contributed by atoms with E-state index in [9.17, 15) is 4.79 Å². The number of nitrogens with zero attached hydrogens (tertiary/aromatic N) is 3. The summed E-state index contributed by atoms with van der Waals surface area (Å²) in [5.41, 5.74) is 19.0. The third-order valence-electron chi connectivity index (χ3n) is 2.10. The van der Waals surface area contributed by atoms with Crippen molar-refractivity contribution in [1.29, 1.82) is 0 Å². The van der Waals surface area contributed by atoms with Gasteiger partial charge in [-0.2, -0.15) is 0 Å². The molecule has 5 N–H and O–H groups in total. The maximum Gasteiger partial charge on any atom is 0.236 e. The zero-order valence-corrected chi connectivity index (χ0v) is 9.43. The van der Waals surface area contributed by atoms with Gasteiger partial charge in [-0.15, -0.1) is 0 Å². The molecule has 0 aromatic heterocycles. The van der Waals surface area contributed by atoms with Crippen molar-refractivity contribution in [1.82, 2.24) is 5.32 Å². The van der Waals surface area contributed by atoms with Gasteiger partial charge in [0.2, 0.25) is 5.91 Å². The molecule has 0 aromatic carbocycles. The van der Waals surface area contributed by atoms with Gasteiger partial charge in [-0.3, -0.25) is 4.79 Å². The molecule has 7 heteroatoms. The highest BCUT2D eigenvalue weighted by Gasteiger charge is 2.11. The molecule has 0 spiro atoms. The van der Waals surface area contributed by atoms with Crippen LogP contribution in [0.25, 0.3) is 10.4 Å². The third-order valence-corrected chi connectivity index (χ3v) is 2.10. The standard InChI is InChI=1S/C9H20N6O/c10-5-2-1-4-8(11)9(16)13-6-3-7-14-15-12/h8H,1-7,10-11H2,(H,13,16). The molecule has 92 valence electrons. The molecular formula is C9H20N6O. The first kappa shape index (κ1) is 14.7. The van der Waals surface area contributed by atoms with Crippen LogP contribution in [0.4, 0.5) is 0 Å². The van der Waals surface area contributed by atoms with Gasteiger partial charge in [-0.1, -0.05) is 11.5 Å². The summed E-state index contributed by atoms with van der Waals surface area (Å²) in [5.74, 6) is -0.155. The van der Waals surface area contributed by atoms with Crippen molar-refractivity contribution < 1.29 is 4.79 Å². The van der Waals surface area contributed by atoms with Crippen LogP contribution in [0.2, 0.25) is 0 Å².